The summed E-state index contributed by atoms with van der Waals surface area (Å²) in [5.74, 6) is 1.90. The molecule has 0 atom stereocenters. The molecular weight excluding hydrogens is 374 g/mol. The molecule has 0 aliphatic carbocycles. The van der Waals surface area contributed by atoms with Gasteiger partial charge in [-0.15, -0.1) is 0 Å². The smallest absolute Gasteiger partial charge is 0.254 e. The van der Waals surface area contributed by atoms with Crippen molar-refractivity contribution in [3.63, 3.8) is 0 Å². The monoisotopic (exact) mass is 405 g/mol. The third-order valence-electron chi connectivity index (χ3n) is 5.17. The molecule has 0 saturated heterocycles. The van der Waals surface area contributed by atoms with Crippen LogP contribution in [0.4, 0.5) is 0 Å². The highest BCUT2D eigenvalue weighted by atomic mass is 16.5. The number of hydrogen-bond donors (Lipinski definition) is 0. The van der Waals surface area contributed by atoms with Gasteiger partial charge in [-0.2, -0.15) is 0 Å². The first-order valence-electron chi connectivity index (χ1n) is 10.4. The molecule has 0 saturated carbocycles. The van der Waals surface area contributed by atoms with Crippen molar-refractivity contribution >= 4 is 5.91 Å². The van der Waals surface area contributed by atoms with Gasteiger partial charge in [0.25, 0.3) is 5.91 Å². The van der Waals surface area contributed by atoms with Crippen molar-refractivity contribution in [3.05, 3.63) is 82.9 Å². The Morgan fingerprint density at radius 3 is 2.70 bits per heavy atom. The Bertz CT molecular complexity index is 1010. The highest BCUT2D eigenvalue weighted by Crippen LogP contribution is 2.18. The fourth-order valence-corrected chi connectivity index (χ4v) is 3.56. The van der Waals surface area contributed by atoms with Crippen LogP contribution < -0.4 is 4.74 Å². The van der Waals surface area contributed by atoms with Crippen molar-refractivity contribution < 1.29 is 9.53 Å². The Morgan fingerprint density at radius 1 is 1.17 bits per heavy atom. The van der Waals surface area contributed by atoms with Gasteiger partial charge in [-0.3, -0.25) is 4.79 Å². The van der Waals surface area contributed by atoms with Gasteiger partial charge >= 0.3 is 0 Å². The first-order valence-corrected chi connectivity index (χ1v) is 10.4. The first kappa shape index (κ1) is 21.6. The molecule has 3 rings (SSSR count). The number of aromatic nitrogens is 2. The molecule has 3 aromatic rings. The van der Waals surface area contributed by atoms with E-state index in [4.69, 9.17) is 4.74 Å². The maximum absolute atomic E-state index is 13.3. The molecule has 0 N–H and O–H groups in total. The first-order chi connectivity index (χ1) is 14.4. The number of imidazole rings is 1. The van der Waals surface area contributed by atoms with Crippen molar-refractivity contribution in [2.24, 2.45) is 5.92 Å². The molecular formula is C25H31N3O2. The Morgan fingerprint density at radius 2 is 1.97 bits per heavy atom. The second kappa shape index (κ2) is 9.61. The lowest BCUT2D eigenvalue weighted by Gasteiger charge is -2.25. The number of nitrogens with zero attached hydrogens (tertiary/aromatic N) is 3. The third kappa shape index (κ3) is 5.29. The van der Waals surface area contributed by atoms with E-state index in [-0.39, 0.29) is 5.91 Å². The zero-order valence-electron chi connectivity index (χ0n) is 18.6. The number of hydrogen-bond acceptors (Lipinski definition) is 3. The molecule has 0 aliphatic heterocycles. The molecule has 0 radical (unpaired) electrons. The van der Waals surface area contributed by atoms with Gasteiger partial charge < -0.3 is 14.2 Å². The number of benzene rings is 2. The molecule has 1 heterocycles. The fraction of sp³-hybridized carbons (Fsp3) is 0.360. The van der Waals surface area contributed by atoms with Gasteiger partial charge in [0, 0.05) is 31.0 Å². The maximum Gasteiger partial charge on any atom is 0.254 e. The van der Waals surface area contributed by atoms with Gasteiger partial charge in [0.15, 0.2) is 0 Å². The minimum Gasteiger partial charge on any atom is -0.497 e. The lowest BCUT2D eigenvalue weighted by atomic mass is 10.1. The van der Waals surface area contributed by atoms with Crippen LogP contribution in [0.1, 0.15) is 46.7 Å². The molecule has 1 aromatic heterocycles. The Balaban J connectivity index is 1.85. The van der Waals surface area contributed by atoms with Crippen molar-refractivity contribution in [2.45, 2.75) is 40.8 Å². The number of aryl methyl sites for hydroxylation is 2. The predicted octanol–water partition coefficient (Wildman–Crippen LogP) is 4.86. The summed E-state index contributed by atoms with van der Waals surface area (Å²) in [4.78, 5) is 19.7. The predicted molar refractivity (Wildman–Crippen MR) is 120 cm³/mol. The van der Waals surface area contributed by atoms with E-state index in [2.05, 4.69) is 55.4 Å². The van der Waals surface area contributed by atoms with Crippen molar-refractivity contribution in [1.29, 1.82) is 0 Å². The zero-order chi connectivity index (χ0) is 21.7. The molecule has 30 heavy (non-hydrogen) atoms. The van der Waals surface area contributed by atoms with Crippen LogP contribution in [0.25, 0.3) is 0 Å². The van der Waals surface area contributed by atoms with E-state index in [0.29, 0.717) is 30.3 Å². The van der Waals surface area contributed by atoms with Gasteiger partial charge in [-0.05, 0) is 49.1 Å². The lowest BCUT2D eigenvalue weighted by molar-refractivity contribution is 0.0716. The van der Waals surface area contributed by atoms with E-state index < -0.39 is 0 Å². The molecule has 1 amide bonds. The minimum absolute atomic E-state index is 0.0103. The normalized spacial score (nSPS) is 11.0. The number of ether oxygens (including phenoxy) is 1. The standard InChI is InChI=1S/C25H31N3O2/c1-18(2)15-28(25(29)21-7-6-8-23(14-21)30-5)17-24-26-11-12-27(24)16-22-13-19(3)9-10-20(22)4/h6-14,18H,15-17H2,1-5H3. The van der Waals surface area contributed by atoms with E-state index >= 15 is 0 Å². The van der Waals surface area contributed by atoms with Crippen molar-refractivity contribution in [2.75, 3.05) is 13.7 Å². The third-order valence-corrected chi connectivity index (χ3v) is 5.17. The molecule has 2 aromatic carbocycles. The SMILES string of the molecule is COc1cccc(C(=O)N(Cc2nccn2Cc2cc(C)ccc2C)CC(C)C)c1. The Hall–Kier alpha value is -3.08. The molecule has 0 unspecified atom stereocenters. The van der Waals surface area contributed by atoms with Crippen LogP contribution in [-0.4, -0.2) is 34.0 Å². The fourth-order valence-electron chi connectivity index (χ4n) is 3.56. The van der Waals surface area contributed by atoms with E-state index in [1.165, 1.54) is 16.7 Å². The topological polar surface area (TPSA) is 47.4 Å². The zero-order valence-corrected chi connectivity index (χ0v) is 18.6. The van der Waals surface area contributed by atoms with Gasteiger partial charge in [-0.1, -0.05) is 43.7 Å². The van der Waals surface area contributed by atoms with Gasteiger partial charge in [0.1, 0.15) is 11.6 Å². The van der Waals surface area contributed by atoms with Crippen molar-refractivity contribution in [1.82, 2.24) is 14.5 Å². The average Bonchev–Trinajstić information content (AvgIpc) is 3.16. The van der Waals surface area contributed by atoms with E-state index in [1.54, 1.807) is 13.2 Å². The molecule has 0 bridgehead atoms. The number of amides is 1. The van der Waals surface area contributed by atoms with E-state index in [9.17, 15) is 4.79 Å². The highest BCUT2D eigenvalue weighted by molar-refractivity contribution is 5.94. The Kier molecular flexibility index (Phi) is 6.93. The van der Waals surface area contributed by atoms with Crippen molar-refractivity contribution in [3.8, 4) is 5.75 Å². The van der Waals surface area contributed by atoms with Crippen LogP contribution in [-0.2, 0) is 13.1 Å². The van der Waals surface area contributed by atoms with Crippen LogP contribution in [0, 0.1) is 19.8 Å². The van der Waals surface area contributed by atoms with Gasteiger partial charge in [-0.25, -0.2) is 4.98 Å². The minimum atomic E-state index is -0.0103. The number of carbonyl (C=O) groups excluding carboxylic acids is 1. The molecule has 5 heteroatoms. The molecule has 5 nitrogen and oxygen atoms in total. The second-order valence-corrected chi connectivity index (χ2v) is 8.21. The molecule has 0 aliphatic rings. The van der Waals surface area contributed by atoms with Crippen LogP contribution >= 0.6 is 0 Å². The van der Waals surface area contributed by atoms with Gasteiger partial charge in [0.2, 0.25) is 0 Å². The van der Waals surface area contributed by atoms with Crippen LogP contribution in [0.3, 0.4) is 0 Å². The van der Waals surface area contributed by atoms with Gasteiger partial charge in [0.05, 0.1) is 13.7 Å². The number of methoxy groups -OCH3 is 1. The summed E-state index contributed by atoms with van der Waals surface area (Å²) in [7, 11) is 1.61. The van der Waals surface area contributed by atoms with E-state index in [0.717, 1.165) is 12.4 Å². The number of rotatable bonds is 8. The summed E-state index contributed by atoms with van der Waals surface area (Å²) in [6, 6.07) is 13.8. The maximum atomic E-state index is 13.3. The summed E-state index contributed by atoms with van der Waals surface area (Å²) in [6.45, 7) is 10.3. The quantitative estimate of drug-likeness (QED) is 0.538. The van der Waals surface area contributed by atoms with Crippen LogP contribution in [0.2, 0.25) is 0 Å². The summed E-state index contributed by atoms with van der Waals surface area (Å²) in [6.07, 6.45) is 3.80. The largest absolute Gasteiger partial charge is 0.497 e. The molecule has 0 spiro atoms. The summed E-state index contributed by atoms with van der Waals surface area (Å²) in [5, 5.41) is 0. The molecule has 158 valence electrons. The summed E-state index contributed by atoms with van der Waals surface area (Å²) >= 11 is 0. The number of carbonyl (C=O) groups is 1. The summed E-state index contributed by atoms with van der Waals surface area (Å²) < 4.78 is 7.42. The lowest BCUT2D eigenvalue weighted by Crippen LogP contribution is -2.34. The molecule has 0 fully saturated rings. The van der Waals surface area contributed by atoms with Crippen LogP contribution in [0.5, 0.6) is 5.75 Å². The average molecular weight is 406 g/mol. The van der Waals surface area contributed by atoms with Crippen LogP contribution in [0.15, 0.2) is 54.9 Å². The second-order valence-electron chi connectivity index (χ2n) is 8.21. The Labute approximate surface area is 179 Å². The van der Waals surface area contributed by atoms with E-state index in [1.807, 2.05) is 35.5 Å². The highest BCUT2D eigenvalue weighted by Gasteiger charge is 2.20. The summed E-state index contributed by atoms with van der Waals surface area (Å²) in [5.41, 5.74) is 4.39.